The fourth-order valence-corrected chi connectivity index (χ4v) is 3.01. The molecule has 5 nitrogen and oxygen atoms in total. The molecule has 0 saturated carbocycles. The van der Waals surface area contributed by atoms with E-state index in [9.17, 15) is 4.79 Å². The molecule has 0 fully saturated rings. The van der Waals surface area contributed by atoms with E-state index in [-0.39, 0.29) is 5.56 Å². The number of ether oxygens (including phenoxy) is 2. The molecule has 0 atom stereocenters. The Labute approximate surface area is 170 Å². The van der Waals surface area contributed by atoms with Crippen LogP contribution in [-0.4, -0.2) is 24.8 Å². The van der Waals surface area contributed by atoms with E-state index in [0.717, 1.165) is 23.2 Å². The molecule has 0 saturated heterocycles. The molecule has 0 radical (unpaired) electrons. The second-order valence-electron chi connectivity index (χ2n) is 6.76. The van der Waals surface area contributed by atoms with Crippen molar-refractivity contribution >= 4 is 11.7 Å². The lowest BCUT2D eigenvalue weighted by atomic mass is 10.1. The van der Waals surface area contributed by atoms with Gasteiger partial charge in [0, 0.05) is 18.7 Å². The SMILES string of the molecule is COc1cc(CNc2cc(C(=O)O)ccc2C)ccc1OCCc1ccccc1. The van der Waals surface area contributed by atoms with Crippen LogP contribution in [-0.2, 0) is 13.0 Å². The highest BCUT2D eigenvalue weighted by Crippen LogP contribution is 2.29. The first kappa shape index (κ1) is 20.3. The molecule has 29 heavy (non-hydrogen) atoms. The van der Waals surface area contributed by atoms with Gasteiger partial charge in [-0.3, -0.25) is 0 Å². The highest BCUT2D eigenvalue weighted by atomic mass is 16.5. The number of carbonyl (C=O) groups is 1. The number of carboxylic acids is 1. The summed E-state index contributed by atoms with van der Waals surface area (Å²) in [5.74, 6) is 0.441. The first-order valence-corrected chi connectivity index (χ1v) is 9.48. The summed E-state index contributed by atoms with van der Waals surface area (Å²) < 4.78 is 11.4. The van der Waals surface area contributed by atoms with Crippen LogP contribution in [0.1, 0.15) is 27.0 Å². The van der Waals surface area contributed by atoms with Crippen molar-refractivity contribution in [1.29, 1.82) is 0 Å². The zero-order valence-electron chi connectivity index (χ0n) is 16.6. The van der Waals surface area contributed by atoms with Gasteiger partial charge in [-0.05, 0) is 47.9 Å². The molecule has 3 aromatic carbocycles. The van der Waals surface area contributed by atoms with Crippen LogP contribution >= 0.6 is 0 Å². The maximum Gasteiger partial charge on any atom is 0.335 e. The maximum absolute atomic E-state index is 11.2. The Bertz CT molecular complexity index is 970. The van der Waals surface area contributed by atoms with Crippen molar-refractivity contribution in [2.24, 2.45) is 0 Å². The standard InChI is InChI=1S/C24H25NO4/c1-17-8-10-20(24(26)27)15-21(17)25-16-19-9-11-22(23(14-19)28-2)29-13-12-18-6-4-3-5-7-18/h3-11,14-15,25H,12-13,16H2,1-2H3,(H,26,27). The van der Waals surface area contributed by atoms with Crippen molar-refractivity contribution < 1.29 is 19.4 Å². The number of anilines is 1. The smallest absolute Gasteiger partial charge is 0.335 e. The average molecular weight is 391 g/mol. The summed E-state index contributed by atoms with van der Waals surface area (Å²) in [6.45, 7) is 3.06. The van der Waals surface area contributed by atoms with E-state index in [1.54, 1.807) is 25.3 Å². The van der Waals surface area contributed by atoms with Crippen LogP contribution < -0.4 is 14.8 Å². The van der Waals surface area contributed by atoms with Crippen molar-refractivity contribution in [1.82, 2.24) is 0 Å². The van der Waals surface area contributed by atoms with Crippen LogP contribution in [0.3, 0.4) is 0 Å². The number of rotatable bonds is 9. The van der Waals surface area contributed by atoms with Crippen LogP contribution in [0.15, 0.2) is 66.7 Å². The van der Waals surface area contributed by atoms with Crippen molar-refractivity contribution in [2.75, 3.05) is 19.0 Å². The van der Waals surface area contributed by atoms with Crippen molar-refractivity contribution in [2.45, 2.75) is 19.9 Å². The Morgan fingerprint density at radius 2 is 1.76 bits per heavy atom. The summed E-state index contributed by atoms with van der Waals surface area (Å²) in [6, 6.07) is 21.1. The minimum absolute atomic E-state index is 0.262. The molecule has 5 heteroatoms. The van der Waals surface area contributed by atoms with Gasteiger partial charge in [0.05, 0.1) is 19.3 Å². The minimum Gasteiger partial charge on any atom is -0.493 e. The Morgan fingerprint density at radius 3 is 2.48 bits per heavy atom. The normalized spacial score (nSPS) is 10.4. The van der Waals surface area contributed by atoms with Crippen LogP contribution in [0.5, 0.6) is 11.5 Å². The lowest BCUT2D eigenvalue weighted by Crippen LogP contribution is -2.05. The van der Waals surface area contributed by atoms with Gasteiger partial charge in [-0.1, -0.05) is 42.5 Å². The van der Waals surface area contributed by atoms with Crippen LogP contribution in [0.2, 0.25) is 0 Å². The monoisotopic (exact) mass is 391 g/mol. The van der Waals surface area contributed by atoms with Crippen LogP contribution in [0.25, 0.3) is 0 Å². The lowest BCUT2D eigenvalue weighted by Gasteiger charge is -2.14. The molecule has 0 unspecified atom stereocenters. The fourth-order valence-electron chi connectivity index (χ4n) is 3.01. The quantitative estimate of drug-likeness (QED) is 0.541. The Hall–Kier alpha value is -3.47. The number of hydrogen-bond donors (Lipinski definition) is 2. The first-order valence-electron chi connectivity index (χ1n) is 9.48. The summed E-state index contributed by atoms with van der Waals surface area (Å²) >= 11 is 0. The molecule has 0 bridgehead atoms. The summed E-state index contributed by atoms with van der Waals surface area (Å²) in [5, 5.41) is 12.5. The number of benzene rings is 3. The topological polar surface area (TPSA) is 67.8 Å². The highest BCUT2D eigenvalue weighted by Gasteiger charge is 2.09. The second kappa shape index (κ2) is 9.64. The van der Waals surface area contributed by atoms with E-state index >= 15 is 0 Å². The van der Waals surface area contributed by atoms with Gasteiger partial charge in [-0.2, -0.15) is 0 Å². The van der Waals surface area contributed by atoms with E-state index in [4.69, 9.17) is 14.6 Å². The Balaban J connectivity index is 1.63. The number of aromatic carboxylic acids is 1. The van der Waals surface area contributed by atoms with Gasteiger partial charge in [0.25, 0.3) is 0 Å². The predicted octanol–water partition coefficient (Wildman–Crippen LogP) is 4.94. The minimum atomic E-state index is -0.938. The van der Waals surface area contributed by atoms with E-state index in [2.05, 4.69) is 17.4 Å². The summed E-state index contributed by atoms with van der Waals surface area (Å²) in [5.41, 5.74) is 4.29. The maximum atomic E-state index is 11.2. The highest BCUT2D eigenvalue weighted by molar-refractivity contribution is 5.89. The van der Waals surface area contributed by atoms with Crippen LogP contribution in [0.4, 0.5) is 5.69 Å². The molecule has 150 valence electrons. The van der Waals surface area contributed by atoms with Gasteiger partial charge in [-0.25, -0.2) is 4.79 Å². The molecule has 2 N–H and O–H groups in total. The Morgan fingerprint density at radius 1 is 0.966 bits per heavy atom. The van der Waals surface area contributed by atoms with Gasteiger partial charge in [0.1, 0.15) is 0 Å². The molecular formula is C24H25NO4. The average Bonchev–Trinajstić information content (AvgIpc) is 2.74. The molecule has 0 heterocycles. The van der Waals surface area contributed by atoms with Gasteiger partial charge < -0.3 is 19.9 Å². The number of nitrogens with one attached hydrogen (secondary N) is 1. The number of aryl methyl sites for hydroxylation is 1. The second-order valence-corrected chi connectivity index (χ2v) is 6.76. The molecule has 0 aliphatic carbocycles. The van der Waals surface area contributed by atoms with Crippen molar-refractivity contribution in [3.05, 3.63) is 89.0 Å². The molecule has 0 spiro atoms. The zero-order valence-corrected chi connectivity index (χ0v) is 16.6. The van der Waals surface area contributed by atoms with Gasteiger partial charge in [0.15, 0.2) is 11.5 Å². The van der Waals surface area contributed by atoms with Crippen LogP contribution in [0, 0.1) is 6.92 Å². The molecule has 0 aromatic heterocycles. The van der Waals surface area contributed by atoms with E-state index in [0.29, 0.717) is 24.7 Å². The molecule has 0 aliphatic rings. The third-order valence-corrected chi connectivity index (χ3v) is 4.69. The van der Waals surface area contributed by atoms with Crippen molar-refractivity contribution in [3.8, 4) is 11.5 Å². The lowest BCUT2D eigenvalue weighted by molar-refractivity contribution is 0.0697. The van der Waals surface area contributed by atoms with E-state index < -0.39 is 5.97 Å². The summed E-state index contributed by atoms with van der Waals surface area (Å²) in [7, 11) is 1.62. The largest absolute Gasteiger partial charge is 0.493 e. The third-order valence-electron chi connectivity index (χ3n) is 4.69. The third kappa shape index (κ3) is 5.51. The summed E-state index contributed by atoms with van der Waals surface area (Å²) in [4.78, 5) is 11.2. The molecular weight excluding hydrogens is 366 g/mol. The molecule has 0 aliphatic heterocycles. The van der Waals surface area contributed by atoms with E-state index in [1.165, 1.54) is 5.56 Å². The van der Waals surface area contributed by atoms with Gasteiger partial charge in [0.2, 0.25) is 0 Å². The summed E-state index contributed by atoms with van der Waals surface area (Å²) in [6.07, 6.45) is 0.826. The zero-order chi connectivity index (χ0) is 20.6. The molecule has 0 amide bonds. The fraction of sp³-hybridized carbons (Fsp3) is 0.208. The van der Waals surface area contributed by atoms with Gasteiger partial charge >= 0.3 is 5.97 Å². The van der Waals surface area contributed by atoms with E-state index in [1.807, 2.05) is 43.3 Å². The molecule has 3 aromatic rings. The van der Waals surface area contributed by atoms with Crippen molar-refractivity contribution in [3.63, 3.8) is 0 Å². The predicted molar refractivity (Wildman–Crippen MR) is 114 cm³/mol. The number of hydrogen-bond acceptors (Lipinski definition) is 4. The first-order chi connectivity index (χ1) is 14.1. The van der Waals surface area contributed by atoms with Gasteiger partial charge in [-0.15, -0.1) is 0 Å². The Kier molecular flexibility index (Phi) is 6.74. The molecule has 3 rings (SSSR count). The number of methoxy groups -OCH3 is 1. The number of carboxylic acid groups (broad SMARTS) is 1.